The molecule has 0 aliphatic rings. The van der Waals surface area contributed by atoms with Gasteiger partial charge in [-0.05, 0) is 6.07 Å². The molecule has 3 aromatic heterocycles. The quantitative estimate of drug-likeness (QED) is 0.575. The van der Waals surface area contributed by atoms with Crippen molar-refractivity contribution in [3.05, 3.63) is 36.8 Å². The molecular weight excluding hydrogens is 362 g/mol. The van der Waals surface area contributed by atoms with Crippen LogP contribution in [-0.4, -0.2) is 14.6 Å². The molecule has 0 spiro atoms. The molecule has 0 saturated carbocycles. The van der Waals surface area contributed by atoms with Crippen molar-refractivity contribution < 1.29 is 0 Å². The van der Waals surface area contributed by atoms with Gasteiger partial charge in [0.2, 0.25) is 0 Å². The van der Waals surface area contributed by atoms with Crippen LogP contribution >= 0.6 is 57.7 Å². The summed E-state index contributed by atoms with van der Waals surface area (Å²) in [5, 5.41) is 13.4. The van der Waals surface area contributed by atoms with Crippen molar-refractivity contribution in [2.75, 3.05) is 0 Å². The van der Waals surface area contributed by atoms with Gasteiger partial charge in [0.1, 0.15) is 26.3 Å². The lowest BCUT2D eigenvalue weighted by atomic mass is 10.2. The summed E-state index contributed by atoms with van der Waals surface area (Å²) in [5.74, 6) is 0. The van der Waals surface area contributed by atoms with Crippen molar-refractivity contribution in [3.63, 3.8) is 0 Å². The van der Waals surface area contributed by atoms with E-state index in [1.165, 1.54) is 22.0 Å². The molecule has 0 aliphatic heterocycles. The number of hydrogen-bond acceptors (Lipinski definition) is 4. The fraction of sp³-hybridized carbons (Fsp3) is 0. The van der Waals surface area contributed by atoms with E-state index in [-0.39, 0.29) is 15.9 Å². The highest BCUT2D eigenvalue weighted by Crippen LogP contribution is 2.43. The molecule has 20 heavy (non-hydrogen) atoms. The third-order valence-corrected chi connectivity index (χ3v) is 4.70. The van der Waals surface area contributed by atoms with E-state index in [2.05, 4.69) is 10.1 Å². The minimum atomic E-state index is 0.135. The Labute approximate surface area is 137 Å². The monoisotopic (exact) mass is 362 g/mol. The SMILES string of the molecule is N#Cc1cnn2c(Cl)c(-c3cc(Cl)sc3Cl)c(Cl)nc12. The zero-order valence-electron chi connectivity index (χ0n) is 9.36. The van der Waals surface area contributed by atoms with E-state index in [9.17, 15) is 0 Å². The summed E-state index contributed by atoms with van der Waals surface area (Å²) in [5.41, 5.74) is 1.60. The molecule has 0 atom stereocenters. The lowest BCUT2D eigenvalue weighted by Crippen LogP contribution is -1.97. The molecule has 0 aromatic carbocycles. The lowest BCUT2D eigenvalue weighted by Gasteiger charge is -2.07. The van der Waals surface area contributed by atoms with Gasteiger partial charge in [-0.3, -0.25) is 0 Å². The Morgan fingerprint density at radius 2 is 2.00 bits per heavy atom. The maximum absolute atomic E-state index is 8.97. The van der Waals surface area contributed by atoms with Gasteiger partial charge in [-0.2, -0.15) is 10.4 Å². The van der Waals surface area contributed by atoms with Crippen LogP contribution in [0.5, 0.6) is 0 Å². The lowest BCUT2D eigenvalue weighted by molar-refractivity contribution is 0.942. The van der Waals surface area contributed by atoms with Crippen molar-refractivity contribution >= 4 is 63.4 Å². The molecule has 3 heterocycles. The van der Waals surface area contributed by atoms with E-state index >= 15 is 0 Å². The second kappa shape index (κ2) is 5.06. The van der Waals surface area contributed by atoms with Crippen LogP contribution in [0.2, 0.25) is 19.0 Å². The van der Waals surface area contributed by atoms with Crippen LogP contribution in [0.1, 0.15) is 5.56 Å². The number of thiophene rings is 1. The summed E-state index contributed by atoms with van der Waals surface area (Å²) in [6, 6.07) is 3.63. The summed E-state index contributed by atoms with van der Waals surface area (Å²) in [4.78, 5) is 4.16. The van der Waals surface area contributed by atoms with E-state index in [0.29, 0.717) is 25.4 Å². The van der Waals surface area contributed by atoms with E-state index in [4.69, 9.17) is 51.7 Å². The number of fused-ring (bicyclic) bond motifs is 1. The molecule has 0 unspecified atom stereocenters. The maximum atomic E-state index is 8.97. The van der Waals surface area contributed by atoms with Crippen LogP contribution in [0.25, 0.3) is 16.8 Å². The Bertz CT molecular complexity index is 877. The van der Waals surface area contributed by atoms with Gasteiger partial charge < -0.3 is 0 Å². The number of aromatic nitrogens is 3. The van der Waals surface area contributed by atoms with Crippen LogP contribution in [0.15, 0.2) is 12.3 Å². The number of hydrogen-bond donors (Lipinski definition) is 0. The highest BCUT2D eigenvalue weighted by molar-refractivity contribution is 7.20. The molecule has 100 valence electrons. The van der Waals surface area contributed by atoms with Gasteiger partial charge in [0.15, 0.2) is 5.65 Å². The van der Waals surface area contributed by atoms with Gasteiger partial charge in [0.25, 0.3) is 0 Å². The summed E-state index contributed by atoms with van der Waals surface area (Å²) in [6.07, 6.45) is 1.37. The summed E-state index contributed by atoms with van der Waals surface area (Å²) >= 11 is 25.7. The number of nitrogens with zero attached hydrogens (tertiary/aromatic N) is 4. The van der Waals surface area contributed by atoms with Gasteiger partial charge in [-0.25, -0.2) is 9.50 Å². The first-order chi connectivity index (χ1) is 9.52. The first kappa shape index (κ1) is 13.9. The van der Waals surface area contributed by atoms with Gasteiger partial charge in [0.05, 0.1) is 16.1 Å². The van der Waals surface area contributed by atoms with Gasteiger partial charge >= 0.3 is 0 Å². The third-order valence-electron chi connectivity index (χ3n) is 2.59. The third kappa shape index (κ3) is 2.05. The highest BCUT2D eigenvalue weighted by Gasteiger charge is 2.21. The van der Waals surface area contributed by atoms with E-state index in [1.54, 1.807) is 6.07 Å². The molecular formula is C11H2Cl4N4S. The van der Waals surface area contributed by atoms with Gasteiger partial charge in [-0.15, -0.1) is 11.3 Å². The highest BCUT2D eigenvalue weighted by atomic mass is 35.5. The molecule has 9 heteroatoms. The predicted molar refractivity (Wildman–Crippen MR) is 81.1 cm³/mol. The smallest absolute Gasteiger partial charge is 0.176 e. The topological polar surface area (TPSA) is 54.0 Å². The molecule has 3 aromatic rings. The number of nitriles is 1. The zero-order valence-corrected chi connectivity index (χ0v) is 13.2. The minimum Gasteiger partial charge on any atom is -0.215 e. The fourth-order valence-corrected chi connectivity index (χ4v) is 3.86. The van der Waals surface area contributed by atoms with Crippen LogP contribution < -0.4 is 0 Å². The first-order valence-electron chi connectivity index (χ1n) is 5.11. The van der Waals surface area contributed by atoms with Crippen molar-refractivity contribution in [2.24, 2.45) is 0 Å². The molecule has 0 amide bonds. The Morgan fingerprint density at radius 1 is 1.25 bits per heavy atom. The Hall–Kier alpha value is -1.03. The van der Waals surface area contributed by atoms with E-state index in [0.717, 1.165) is 0 Å². The van der Waals surface area contributed by atoms with E-state index in [1.807, 2.05) is 6.07 Å². The summed E-state index contributed by atoms with van der Waals surface area (Å²) in [6.45, 7) is 0. The molecule has 0 N–H and O–H groups in total. The predicted octanol–water partition coefficient (Wildman–Crippen LogP) is 4.94. The largest absolute Gasteiger partial charge is 0.215 e. The van der Waals surface area contributed by atoms with Crippen LogP contribution in [0.3, 0.4) is 0 Å². The zero-order chi connectivity index (χ0) is 14.4. The molecule has 3 rings (SSSR count). The Balaban J connectivity index is 2.38. The molecule has 0 aliphatic carbocycles. The summed E-state index contributed by atoms with van der Waals surface area (Å²) < 4.78 is 2.30. The minimum absolute atomic E-state index is 0.135. The number of rotatable bonds is 1. The normalized spacial score (nSPS) is 10.9. The standard InChI is InChI=1S/C11H2Cl4N4S/c12-6-1-5(10(15)20-6)7-8(13)18-11-4(2-16)3-17-19(11)9(7)14/h1,3H. The van der Waals surface area contributed by atoms with Gasteiger partial charge in [0, 0.05) is 5.56 Å². The molecule has 0 radical (unpaired) electrons. The molecule has 0 fully saturated rings. The Morgan fingerprint density at radius 3 is 2.60 bits per heavy atom. The van der Waals surface area contributed by atoms with Crippen molar-refractivity contribution in [2.45, 2.75) is 0 Å². The van der Waals surface area contributed by atoms with Crippen molar-refractivity contribution in [1.82, 2.24) is 14.6 Å². The first-order valence-corrected chi connectivity index (χ1v) is 7.43. The second-order valence-electron chi connectivity index (χ2n) is 3.71. The average Bonchev–Trinajstić information content (AvgIpc) is 2.93. The van der Waals surface area contributed by atoms with Gasteiger partial charge in [-0.1, -0.05) is 46.4 Å². The molecule has 0 saturated heterocycles. The fourth-order valence-electron chi connectivity index (χ4n) is 1.74. The van der Waals surface area contributed by atoms with E-state index < -0.39 is 0 Å². The maximum Gasteiger partial charge on any atom is 0.176 e. The van der Waals surface area contributed by atoms with Crippen LogP contribution in [0.4, 0.5) is 0 Å². The average molecular weight is 364 g/mol. The second-order valence-corrected chi connectivity index (χ2v) is 6.71. The Kier molecular flexibility index (Phi) is 3.53. The molecule has 0 bridgehead atoms. The summed E-state index contributed by atoms with van der Waals surface area (Å²) in [7, 11) is 0. The van der Waals surface area contributed by atoms with Crippen LogP contribution in [-0.2, 0) is 0 Å². The van der Waals surface area contributed by atoms with Crippen molar-refractivity contribution in [1.29, 1.82) is 5.26 Å². The number of halogens is 4. The molecule has 4 nitrogen and oxygen atoms in total. The van der Waals surface area contributed by atoms with Crippen LogP contribution in [0, 0.1) is 11.3 Å². The van der Waals surface area contributed by atoms with Crippen molar-refractivity contribution in [3.8, 4) is 17.2 Å².